The van der Waals surface area contributed by atoms with Crippen LogP contribution >= 0.6 is 0 Å². The number of anilines is 2. The molecular weight excluding hydrogens is 320 g/mol. The summed E-state index contributed by atoms with van der Waals surface area (Å²) in [6.07, 6.45) is 1.67. The van der Waals surface area contributed by atoms with Crippen LogP contribution in [0.2, 0.25) is 0 Å². The highest BCUT2D eigenvalue weighted by Gasteiger charge is 2.17. The van der Waals surface area contributed by atoms with Crippen molar-refractivity contribution in [2.75, 3.05) is 24.9 Å². The Kier molecular flexibility index (Phi) is 5.90. The van der Waals surface area contributed by atoms with Crippen molar-refractivity contribution in [3.63, 3.8) is 0 Å². The normalized spacial score (nSPS) is 12.0. The minimum absolute atomic E-state index is 0.142. The molecule has 1 atom stereocenters. The van der Waals surface area contributed by atoms with Crippen LogP contribution in [0.5, 0.6) is 11.5 Å². The summed E-state index contributed by atoms with van der Waals surface area (Å²) in [5.41, 5.74) is 1.78. The van der Waals surface area contributed by atoms with Crippen molar-refractivity contribution in [2.45, 2.75) is 39.8 Å². The van der Waals surface area contributed by atoms with Gasteiger partial charge in [0.05, 0.1) is 20.4 Å². The predicted molar refractivity (Wildman–Crippen MR) is 98.6 cm³/mol. The van der Waals surface area contributed by atoms with Crippen LogP contribution in [0, 0.1) is 6.92 Å². The smallest absolute Gasteiger partial charge is 0.247 e. The van der Waals surface area contributed by atoms with Crippen LogP contribution in [0.25, 0.3) is 0 Å². The molecule has 0 spiro atoms. The molecule has 0 aliphatic carbocycles. The Morgan fingerprint density at radius 3 is 2.40 bits per heavy atom. The van der Waals surface area contributed by atoms with Gasteiger partial charge in [0.15, 0.2) is 11.5 Å². The topological polar surface area (TPSA) is 77.4 Å². The molecule has 0 fully saturated rings. The molecule has 136 valence electrons. The van der Waals surface area contributed by atoms with Gasteiger partial charge in [0.2, 0.25) is 5.91 Å². The summed E-state index contributed by atoms with van der Waals surface area (Å²) >= 11 is 0. The Hall–Kier alpha value is -2.70. The van der Waals surface area contributed by atoms with Gasteiger partial charge < -0.3 is 20.1 Å². The van der Waals surface area contributed by atoms with Crippen LogP contribution in [-0.4, -0.2) is 35.9 Å². The van der Waals surface area contributed by atoms with E-state index in [1.54, 1.807) is 31.2 Å². The lowest BCUT2D eigenvalue weighted by Crippen LogP contribution is -2.33. The number of amides is 1. The predicted octanol–water partition coefficient (Wildman–Crippen LogP) is 3.23. The zero-order chi connectivity index (χ0) is 18.6. The second-order valence-electron chi connectivity index (χ2n) is 6.13. The first-order valence-electron chi connectivity index (χ1n) is 8.20. The first-order chi connectivity index (χ1) is 11.9. The SMILES string of the molecule is COc1cc(C)c(N[C@@H](C)C(=O)Nc2ccnn2C(C)C)cc1OC. The van der Waals surface area contributed by atoms with Gasteiger partial charge in [-0.1, -0.05) is 0 Å². The molecule has 0 radical (unpaired) electrons. The van der Waals surface area contributed by atoms with E-state index in [9.17, 15) is 4.79 Å². The average Bonchev–Trinajstić information content (AvgIpc) is 3.04. The van der Waals surface area contributed by atoms with E-state index in [1.165, 1.54) is 0 Å². The number of benzene rings is 1. The van der Waals surface area contributed by atoms with Crippen LogP contribution in [0.1, 0.15) is 32.4 Å². The summed E-state index contributed by atoms with van der Waals surface area (Å²) in [5.74, 6) is 1.80. The van der Waals surface area contributed by atoms with Gasteiger partial charge in [-0.2, -0.15) is 5.10 Å². The molecule has 7 nitrogen and oxygen atoms in total. The molecule has 0 saturated heterocycles. The molecule has 25 heavy (non-hydrogen) atoms. The molecule has 1 amide bonds. The van der Waals surface area contributed by atoms with Crippen molar-refractivity contribution >= 4 is 17.4 Å². The number of hydrogen-bond donors (Lipinski definition) is 2. The van der Waals surface area contributed by atoms with Crippen molar-refractivity contribution in [1.82, 2.24) is 9.78 Å². The number of nitrogens with one attached hydrogen (secondary N) is 2. The second-order valence-corrected chi connectivity index (χ2v) is 6.13. The van der Waals surface area contributed by atoms with Gasteiger partial charge in [0.25, 0.3) is 0 Å². The van der Waals surface area contributed by atoms with Gasteiger partial charge in [-0.25, -0.2) is 4.68 Å². The fourth-order valence-electron chi connectivity index (χ4n) is 2.49. The monoisotopic (exact) mass is 346 g/mol. The molecule has 0 unspecified atom stereocenters. The largest absolute Gasteiger partial charge is 0.493 e. The van der Waals surface area contributed by atoms with Gasteiger partial charge in [-0.05, 0) is 39.3 Å². The van der Waals surface area contributed by atoms with Gasteiger partial charge in [-0.3, -0.25) is 4.79 Å². The van der Waals surface area contributed by atoms with Crippen LogP contribution < -0.4 is 20.1 Å². The fourth-order valence-corrected chi connectivity index (χ4v) is 2.49. The van der Waals surface area contributed by atoms with Crippen molar-refractivity contribution in [1.29, 1.82) is 0 Å². The van der Waals surface area contributed by atoms with E-state index in [1.807, 2.05) is 39.8 Å². The van der Waals surface area contributed by atoms with Crippen molar-refractivity contribution < 1.29 is 14.3 Å². The van der Waals surface area contributed by atoms with Crippen molar-refractivity contribution in [3.05, 3.63) is 30.0 Å². The molecule has 2 rings (SSSR count). The number of aromatic nitrogens is 2. The number of nitrogens with zero attached hydrogens (tertiary/aromatic N) is 2. The number of methoxy groups -OCH3 is 2. The van der Waals surface area contributed by atoms with E-state index in [4.69, 9.17) is 9.47 Å². The summed E-state index contributed by atoms with van der Waals surface area (Å²) in [7, 11) is 3.18. The number of hydrogen-bond acceptors (Lipinski definition) is 5. The molecule has 0 saturated carbocycles. The van der Waals surface area contributed by atoms with Gasteiger partial charge >= 0.3 is 0 Å². The van der Waals surface area contributed by atoms with Crippen LogP contribution in [0.4, 0.5) is 11.5 Å². The summed E-state index contributed by atoms with van der Waals surface area (Å²) in [5, 5.41) is 10.3. The molecule has 1 heterocycles. The third-order valence-corrected chi connectivity index (χ3v) is 3.91. The maximum atomic E-state index is 12.5. The average molecular weight is 346 g/mol. The Labute approximate surface area is 148 Å². The maximum Gasteiger partial charge on any atom is 0.247 e. The molecule has 2 aromatic rings. The lowest BCUT2D eigenvalue weighted by Gasteiger charge is -2.19. The van der Waals surface area contributed by atoms with Crippen molar-refractivity contribution in [2.24, 2.45) is 0 Å². The lowest BCUT2D eigenvalue weighted by molar-refractivity contribution is -0.116. The summed E-state index contributed by atoms with van der Waals surface area (Å²) in [4.78, 5) is 12.5. The molecule has 0 aliphatic rings. The zero-order valence-electron chi connectivity index (χ0n) is 15.6. The molecule has 0 aliphatic heterocycles. The van der Waals surface area contributed by atoms with E-state index in [0.717, 1.165) is 11.3 Å². The Morgan fingerprint density at radius 1 is 1.16 bits per heavy atom. The summed E-state index contributed by atoms with van der Waals surface area (Å²) < 4.78 is 12.4. The van der Waals surface area contributed by atoms with Crippen LogP contribution in [-0.2, 0) is 4.79 Å². The standard InChI is InChI=1S/C18H26N4O3/c1-11(2)22-17(7-8-19-22)21-18(23)13(4)20-14-10-16(25-6)15(24-5)9-12(14)3/h7-11,13,20H,1-6H3,(H,21,23)/t13-/m0/s1. The lowest BCUT2D eigenvalue weighted by atomic mass is 10.1. The van der Waals surface area contributed by atoms with Crippen molar-refractivity contribution in [3.8, 4) is 11.5 Å². The molecule has 2 N–H and O–H groups in total. The summed E-state index contributed by atoms with van der Waals surface area (Å²) in [6.45, 7) is 7.78. The second kappa shape index (κ2) is 7.92. The minimum Gasteiger partial charge on any atom is -0.493 e. The zero-order valence-corrected chi connectivity index (χ0v) is 15.6. The third-order valence-electron chi connectivity index (χ3n) is 3.91. The van der Waals surface area contributed by atoms with E-state index in [0.29, 0.717) is 17.3 Å². The molecule has 7 heteroatoms. The first-order valence-corrected chi connectivity index (χ1v) is 8.20. The highest BCUT2D eigenvalue weighted by molar-refractivity contribution is 5.95. The van der Waals surface area contributed by atoms with Gasteiger partial charge in [0.1, 0.15) is 11.9 Å². The quantitative estimate of drug-likeness (QED) is 0.805. The molecule has 1 aromatic carbocycles. The molecule has 0 bridgehead atoms. The fraction of sp³-hybridized carbons (Fsp3) is 0.444. The van der Waals surface area contributed by atoms with Gasteiger partial charge in [-0.15, -0.1) is 0 Å². The van der Waals surface area contributed by atoms with E-state index in [2.05, 4.69) is 15.7 Å². The third kappa shape index (κ3) is 4.23. The number of carbonyl (C=O) groups is 1. The van der Waals surface area contributed by atoms with Crippen LogP contribution in [0.15, 0.2) is 24.4 Å². The Bertz CT molecular complexity index is 740. The number of ether oxygens (including phenoxy) is 2. The number of aryl methyl sites for hydroxylation is 1. The van der Waals surface area contributed by atoms with E-state index < -0.39 is 6.04 Å². The minimum atomic E-state index is -0.438. The van der Waals surface area contributed by atoms with Gasteiger partial charge in [0, 0.05) is 23.9 Å². The van der Waals surface area contributed by atoms with Crippen LogP contribution in [0.3, 0.4) is 0 Å². The van der Waals surface area contributed by atoms with E-state index in [-0.39, 0.29) is 11.9 Å². The number of carbonyl (C=O) groups excluding carboxylic acids is 1. The first kappa shape index (κ1) is 18.6. The number of rotatable bonds is 7. The summed E-state index contributed by atoms with van der Waals surface area (Å²) in [6, 6.07) is 5.22. The van der Waals surface area contributed by atoms with E-state index >= 15 is 0 Å². The highest BCUT2D eigenvalue weighted by Crippen LogP contribution is 2.33. The molecule has 1 aromatic heterocycles. The molecular formula is C18H26N4O3. The maximum absolute atomic E-state index is 12.5. The highest BCUT2D eigenvalue weighted by atomic mass is 16.5. The Balaban J connectivity index is 2.12. The Morgan fingerprint density at radius 2 is 1.80 bits per heavy atom.